The Balaban J connectivity index is 1.46. The average molecular weight is 387 g/mol. The number of benzene rings is 1. The van der Waals surface area contributed by atoms with E-state index in [1.807, 2.05) is 54.0 Å². The lowest BCUT2D eigenvalue weighted by Gasteiger charge is -2.17. The molecule has 5 rings (SSSR count). The lowest BCUT2D eigenvalue weighted by molar-refractivity contribution is 0.625. The molecule has 0 fully saturated rings. The topological polar surface area (TPSA) is 59.5 Å². The molecule has 0 atom stereocenters. The highest BCUT2D eigenvalue weighted by Crippen LogP contribution is 2.28. The molecule has 0 saturated carbocycles. The second-order valence-electron chi connectivity index (χ2n) is 6.41. The van der Waals surface area contributed by atoms with Crippen molar-refractivity contribution in [2.75, 3.05) is 17.8 Å². The normalized spacial score (nSPS) is 11.3. The Morgan fingerprint density at radius 3 is 2.82 bits per heavy atom. The Hall–Kier alpha value is -3.32. The van der Waals surface area contributed by atoms with Crippen LogP contribution in [0.2, 0.25) is 0 Å². The molecule has 0 saturated heterocycles. The van der Waals surface area contributed by atoms with E-state index in [0.29, 0.717) is 0 Å². The summed E-state index contributed by atoms with van der Waals surface area (Å²) in [7, 11) is 2.04. The third-order valence-corrected chi connectivity index (χ3v) is 5.60. The predicted molar refractivity (Wildman–Crippen MR) is 112 cm³/mol. The van der Waals surface area contributed by atoms with Gasteiger partial charge in [0.1, 0.15) is 17.1 Å². The van der Waals surface area contributed by atoms with Gasteiger partial charge in [-0.3, -0.25) is 4.98 Å². The summed E-state index contributed by atoms with van der Waals surface area (Å²) >= 11 is 1.77. The molecular formula is C21H17N5OS. The van der Waals surface area contributed by atoms with Gasteiger partial charge in [0.2, 0.25) is 0 Å². The maximum atomic E-state index is 5.97. The highest BCUT2D eigenvalue weighted by molar-refractivity contribution is 7.99. The summed E-state index contributed by atoms with van der Waals surface area (Å²) < 4.78 is 7.79. The first kappa shape index (κ1) is 16.8. The van der Waals surface area contributed by atoms with E-state index in [1.165, 1.54) is 4.90 Å². The number of hydrogen-bond donors (Lipinski definition) is 0. The van der Waals surface area contributed by atoms with Gasteiger partial charge in [0, 0.05) is 29.7 Å². The molecule has 0 aliphatic rings. The summed E-state index contributed by atoms with van der Waals surface area (Å²) in [5.41, 5.74) is 2.39. The molecule has 0 unspecified atom stereocenters. The van der Waals surface area contributed by atoms with Crippen LogP contribution in [0.15, 0.2) is 82.5 Å². The van der Waals surface area contributed by atoms with Gasteiger partial charge in [0.25, 0.3) is 0 Å². The van der Waals surface area contributed by atoms with Crippen molar-refractivity contribution in [1.82, 2.24) is 19.6 Å². The number of thioether (sulfide) groups is 1. The first-order chi connectivity index (χ1) is 13.8. The van der Waals surface area contributed by atoms with Gasteiger partial charge in [-0.15, -0.1) is 16.9 Å². The van der Waals surface area contributed by atoms with Gasteiger partial charge in [-0.25, -0.2) is 9.50 Å². The molecule has 7 heteroatoms. The highest BCUT2D eigenvalue weighted by atomic mass is 32.2. The van der Waals surface area contributed by atoms with E-state index in [-0.39, 0.29) is 0 Å². The van der Waals surface area contributed by atoms with Crippen LogP contribution in [0.25, 0.3) is 28.1 Å². The van der Waals surface area contributed by atoms with Crippen molar-refractivity contribution in [3.63, 3.8) is 0 Å². The van der Waals surface area contributed by atoms with Crippen molar-refractivity contribution < 1.29 is 4.42 Å². The smallest absolute Gasteiger partial charge is 0.155 e. The maximum absolute atomic E-state index is 5.97. The first-order valence-corrected chi connectivity index (χ1v) is 9.84. The third-order valence-electron chi connectivity index (χ3n) is 4.48. The largest absolute Gasteiger partial charge is 0.454 e. The van der Waals surface area contributed by atoms with Gasteiger partial charge in [0.15, 0.2) is 11.4 Å². The number of hydrogen-bond acceptors (Lipinski definition) is 6. The monoisotopic (exact) mass is 387 g/mol. The second kappa shape index (κ2) is 7.01. The van der Waals surface area contributed by atoms with Gasteiger partial charge in [-0.2, -0.15) is 0 Å². The first-order valence-electron chi connectivity index (χ1n) is 8.86. The van der Waals surface area contributed by atoms with Crippen molar-refractivity contribution in [1.29, 1.82) is 0 Å². The van der Waals surface area contributed by atoms with Crippen molar-refractivity contribution >= 4 is 34.2 Å². The molecule has 0 N–H and O–H groups in total. The summed E-state index contributed by atoms with van der Waals surface area (Å²) in [6.45, 7) is 0. The zero-order valence-electron chi connectivity index (χ0n) is 15.2. The predicted octanol–water partition coefficient (Wildman–Crippen LogP) is 4.72. The fraction of sp³-hybridized carbons (Fsp3) is 0.0952. The molecule has 0 aliphatic carbocycles. The van der Waals surface area contributed by atoms with Crippen LogP contribution in [0.3, 0.4) is 0 Å². The molecule has 5 aromatic rings. The fourth-order valence-corrected chi connectivity index (χ4v) is 3.82. The summed E-state index contributed by atoms with van der Waals surface area (Å²) in [6, 6.07) is 18.1. The van der Waals surface area contributed by atoms with E-state index in [1.54, 1.807) is 30.4 Å². The molecule has 0 amide bonds. The minimum atomic E-state index is 0.724. The van der Waals surface area contributed by atoms with E-state index >= 15 is 0 Å². The van der Waals surface area contributed by atoms with Crippen LogP contribution in [0.1, 0.15) is 0 Å². The average Bonchev–Trinajstić information content (AvgIpc) is 3.35. The highest BCUT2D eigenvalue weighted by Gasteiger charge is 2.14. The van der Waals surface area contributed by atoms with Gasteiger partial charge in [0.05, 0.1) is 12.1 Å². The number of nitrogens with zero attached hydrogens (tertiary/aromatic N) is 5. The molecular weight excluding hydrogens is 370 g/mol. The van der Waals surface area contributed by atoms with Crippen LogP contribution in [-0.4, -0.2) is 32.5 Å². The van der Waals surface area contributed by atoms with Crippen LogP contribution in [0.5, 0.6) is 0 Å². The zero-order valence-corrected chi connectivity index (χ0v) is 16.0. The van der Waals surface area contributed by atoms with E-state index < -0.39 is 0 Å². The molecule has 0 spiro atoms. The van der Waals surface area contributed by atoms with E-state index in [9.17, 15) is 0 Å². The van der Waals surface area contributed by atoms with E-state index in [4.69, 9.17) is 9.52 Å². The zero-order chi connectivity index (χ0) is 18.9. The van der Waals surface area contributed by atoms with Gasteiger partial charge >= 0.3 is 0 Å². The van der Waals surface area contributed by atoms with Crippen molar-refractivity contribution in [3.8, 4) is 11.5 Å². The van der Waals surface area contributed by atoms with Crippen LogP contribution in [-0.2, 0) is 0 Å². The number of anilines is 1. The molecule has 138 valence electrons. The quantitative estimate of drug-likeness (QED) is 0.321. The molecule has 0 radical (unpaired) electrons. The van der Waals surface area contributed by atoms with Crippen LogP contribution >= 0.6 is 11.8 Å². The molecule has 6 nitrogen and oxygen atoms in total. The van der Waals surface area contributed by atoms with Gasteiger partial charge in [-0.05, 0) is 36.4 Å². The number of rotatable bonds is 5. The molecule has 4 aromatic heterocycles. The number of pyridine rings is 1. The Labute approximate surface area is 165 Å². The van der Waals surface area contributed by atoms with Crippen molar-refractivity contribution in [2.45, 2.75) is 4.90 Å². The summed E-state index contributed by atoms with van der Waals surface area (Å²) in [5.74, 6) is 2.39. The second-order valence-corrected chi connectivity index (χ2v) is 7.43. The van der Waals surface area contributed by atoms with Crippen LogP contribution in [0.4, 0.5) is 5.82 Å². The maximum Gasteiger partial charge on any atom is 0.155 e. The molecule has 0 aliphatic heterocycles. The minimum absolute atomic E-state index is 0.724. The van der Waals surface area contributed by atoms with E-state index in [0.717, 1.165) is 39.8 Å². The Morgan fingerprint density at radius 1 is 1.07 bits per heavy atom. The number of aromatic nitrogens is 4. The Kier molecular flexibility index (Phi) is 4.21. The molecule has 1 aromatic carbocycles. The number of fused-ring (bicyclic) bond motifs is 2. The fourth-order valence-electron chi connectivity index (χ4n) is 3.00. The number of imidazole rings is 1. The summed E-state index contributed by atoms with van der Waals surface area (Å²) in [6.07, 6.45) is 5.30. The number of furan rings is 1. The SMILES string of the molecule is CN(CSc1ccccc1)c1ccc2ncc(-c3cc4cnccc4o3)n2n1. The van der Waals surface area contributed by atoms with Gasteiger partial charge < -0.3 is 9.32 Å². The lowest BCUT2D eigenvalue weighted by atomic mass is 10.3. The van der Waals surface area contributed by atoms with Crippen LogP contribution < -0.4 is 4.90 Å². The van der Waals surface area contributed by atoms with Crippen LogP contribution in [0, 0.1) is 0 Å². The van der Waals surface area contributed by atoms with E-state index in [2.05, 4.69) is 27.0 Å². The molecule has 4 heterocycles. The standard InChI is InChI=1S/C21H17N5OS/c1-25(14-28-16-5-3-2-4-6-16)21-8-7-20-23-13-17(26(20)24-21)19-11-15-12-22-10-9-18(15)27-19/h2-13H,14H2,1H3. The van der Waals surface area contributed by atoms with Crippen molar-refractivity contribution in [2.24, 2.45) is 0 Å². The molecule has 28 heavy (non-hydrogen) atoms. The lowest BCUT2D eigenvalue weighted by Crippen LogP contribution is -2.18. The van der Waals surface area contributed by atoms with Gasteiger partial charge in [-0.1, -0.05) is 18.2 Å². The third kappa shape index (κ3) is 3.10. The summed E-state index contributed by atoms with van der Waals surface area (Å²) in [5, 5.41) is 5.74. The minimum Gasteiger partial charge on any atom is -0.454 e. The molecule has 0 bridgehead atoms. The van der Waals surface area contributed by atoms with Crippen molar-refractivity contribution in [3.05, 3.63) is 73.2 Å². The summed E-state index contributed by atoms with van der Waals surface area (Å²) in [4.78, 5) is 12.0. The Morgan fingerprint density at radius 2 is 1.96 bits per heavy atom. The Bertz CT molecular complexity index is 1210.